The molecule has 0 bridgehead atoms. The molecule has 1 N–H and O–H groups in total. The van der Waals surface area contributed by atoms with Crippen LogP contribution < -0.4 is 4.74 Å². The van der Waals surface area contributed by atoms with E-state index in [0.717, 1.165) is 67.4 Å². The number of nitrogens with zero attached hydrogens (tertiary/aromatic N) is 3. The van der Waals surface area contributed by atoms with Crippen molar-refractivity contribution in [3.05, 3.63) is 84.6 Å². The van der Waals surface area contributed by atoms with Crippen molar-refractivity contribution in [2.75, 3.05) is 19.7 Å². The van der Waals surface area contributed by atoms with Gasteiger partial charge in [-0.15, -0.1) is 6.58 Å². The molecule has 1 saturated heterocycles. The van der Waals surface area contributed by atoms with E-state index in [2.05, 4.69) is 18.4 Å². The number of aromatic nitrogens is 2. The van der Waals surface area contributed by atoms with Gasteiger partial charge in [-0.3, -0.25) is 4.90 Å². The Labute approximate surface area is 208 Å². The number of hydrogen-bond acceptors (Lipinski definition) is 5. The molecule has 4 rings (SSSR count). The standard InChI is InChI=1S/C29H37N3O3/c1-3-5-15-24(33)20-31(21-26-18-12-19-34-26)22-27-28(4-2)30-32(23-13-8-6-9-14-23)29(27)35-25-16-10-7-11-17-25/h3,6-11,13-14,16-17,24,26,33H,1,4-5,12,15,18-22H2,2H3. The fourth-order valence-electron chi connectivity index (χ4n) is 4.57. The zero-order valence-corrected chi connectivity index (χ0v) is 20.7. The van der Waals surface area contributed by atoms with Crippen LogP contribution in [0.5, 0.6) is 11.6 Å². The predicted molar refractivity (Wildman–Crippen MR) is 139 cm³/mol. The summed E-state index contributed by atoms with van der Waals surface area (Å²) in [5.41, 5.74) is 3.00. The minimum Gasteiger partial charge on any atom is -0.439 e. The van der Waals surface area contributed by atoms with Crippen LogP contribution in [0.25, 0.3) is 5.69 Å². The largest absolute Gasteiger partial charge is 0.439 e. The summed E-state index contributed by atoms with van der Waals surface area (Å²) in [7, 11) is 0. The molecule has 0 radical (unpaired) electrons. The third-order valence-electron chi connectivity index (χ3n) is 6.35. The molecule has 2 atom stereocenters. The minimum atomic E-state index is -0.429. The third-order valence-corrected chi connectivity index (χ3v) is 6.35. The molecule has 0 amide bonds. The summed E-state index contributed by atoms with van der Waals surface area (Å²) in [5, 5.41) is 15.7. The van der Waals surface area contributed by atoms with Gasteiger partial charge in [-0.05, 0) is 56.4 Å². The average Bonchev–Trinajstić information content (AvgIpc) is 3.52. The van der Waals surface area contributed by atoms with Crippen molar-refractivity contribution < 1.29 is 14.6 Å². The highest BCUT2D eigenvalue weighted by molar-refractivity contribution is 5.43. The van der Waals surface area contributed by atoms with Gasteiger partial charge in [0.15, 0.2) is 0 Å². The number of ether oxygens (including phenoxy) is 2. The van der Waals surface area contributed by atoms with Gasteiger partial charge in [0, 0.05) is 26.2 Å². The molecule has 2 heterocycles. The van der Waals surface area contributed by atoms with Gasteiger partial charge in [0.05, 0.1) is 29.2 Å². The summed E-state index contributed by atoms with van der Waals surface area (Å²) in [6.45, 7) is 8.70. The molecule has 1 fully saturated rings. The first kappa shape index (κ1) is 25.2. The van der Waals surface area contributed by atoms with Crippen LogP contribution in [0.2, 0.25) is 0 Å². The molecule has 0 spiro atoms. The maximum atomic E-state index is 10.7. The van der Waals surface area contributed by atoms with Gasteiger partial charge in [-0.25, -0.2) is 4.68 Å². The number of aliphatic hydroxyl groups excluding tert-OH is 1. The number of benzene rings is 2. The molecule has 186 valence electrons. The number of aliphatic hydroxyl groups is 1. The SMILES string of the molecule is C=CCCC(O)CN(Cc1c(CC)nn(-c2ccccc2)c1Oc1ccccc1)CC1CCCO1. The molecule has 6 heteroatoms. The van der Waals surface area contributed by atoms with Crippen LogP contribution in [0.4, 0.5) is 0 Å². The highest BCUT2D eigenvalue weighted by Gasteiger charge is 2.26. The number of hydrogen-bond donors (Lipinski definition) is 1. The number of rotatable bonds is 13. The van der Waals surface area contributed by atoms with E-state index in [1.165, 1.54) is 0 Å². The molecule has 1 aromatic heterocycles. The van der Waals surface area contributed by atoms with E-state index in [0.29, 0.717) is 19.5 Å². The Morgan fingerprint density at radius 3 is 2.60 bits per heavy atom. The van der Waals surface area contributed by atoms with Gasteiger partial charge < -0.3 is 14.6 Å². The Bertz CT molecular complexity index is 1050. The number of para-hydroxylation sites is 2. The lowest BCUT2D eigenvalue weighted by atomic mass is 10.1. The Kier molecular flexibility index (Phi) is 9.12. The maximum absolute atomic E-state index is 10.7. The van der Waals surface area contributed by atoms with Crippen LogP contribution in [-0.2, 0) is 17.7 Å². The fraction of sp³-hybridized carbons (Fsp3) is 0.414. The maximum Gasteiger partial charge on any atom is 0.227 e. The Hall–Kier alpha value is -2.93. The van der Waals surface area contributed by atoms with Gasteiger partial charge in [-0.2, -0.15) is 5.10 Å². The van der Waals surface area contributed by atoms with Gasteiger partial charge in [-0.1, -0.05) is 49.4 Å². The van der Waals surface area contributed by atoms with Gasteiger partial charge >= 0.3 is 0 Å². The molecule has 0 aliphatic carbocycles. The first-order valence-electron chi connectivity index (χ1n) is 12.7. The lowest BCUT2D eigenvalue weighted by molar-refractivity contribution is 0.0441. The smallest absolute Gasteiger partial charge is 0.227 e. The summed E-state index contributed by atoms with van der Waals surface area (Å²) < 4.78 is 14.3. The zero-order chi connectivity index (χ0) is 24.5. The Morgan fingerprint density at radius 2 is 1.94 bits per heavy atom. The van der Waals surface area contributed by atoms with Crippen molar-refractivity contribution in [2.24, 2.45) is 0 Å². The normalized spacial score (nSPS) is 16.5. The predicted octanol–water partition coefficient (Wildman–Crippen LogP) is 5.54. The molecular formula is C29H37N3O3. The second-order valence-electron chi connectivity index (χ2n) is 9.10. The van der Waals surface area contributed by atoms with Crippen LogP contribution in [-0.4, -0.2) is 51.7 Å². The molecule has 35 heavy (non-hydrogen) atoms. The van der Waals surface area contributed by atoms with Crippen LogP contribution in [0, 0.1) is 0 Å². The first-order valence-corrected chi connectivity index (χ1v) is 12.7. The summed E-state index contributed by atoms with van der Waals surface area (Å²) >= 11 is 0. The monoisotopic (exact) mass is 475 g/mol. The van der Waals surface area contributed by atoms with E-state index in [9.17, 15) is 5.11 Å². The van der Waals surface area contributed by atoms with Crippen molar-refractivity contribution >= 4 is 0 Å². The molecule has 3 aromatic rings. The molecule has 1 aliphatic heterocycles. The van der Waals surface area contributed by atoms with Crippen molar-refractivity contribution in [2.45, 2.75) is 57.8 Å². The van der Waals surface area contributed by atoms with Crippen LogP contribution >= 0.6 is 0 Å². The van der Waals surface area contributed by atoms with Crippen LogP contribution in [0.3, 0.4) is 0 Å². The molecular weight excluding hydrogens is 438 g/mol. The van der Waals surface area contributed by atoms with Crippen molar-refractivity contribution in [3.8, 4) is 17.3 Å². The summed E-state index contributed by atoms with van der Waals surface area (Å²) in [6, 6.07) is 19.9. The molecule has 2 aromatic carbocycles. The summed E-state index contributed by atoms with van der Waals surface area (Å²) in [4.78, 5) is 2.30. The number of allylic oxidation sites excluding steroid dienone is 1. The first-order chi connectivity index (χ1) is 17.2. The molecule has 0 saturated carbocycles. The van der Waals surface area contributed by atoms with Crippen LogP contribution in [0.1, 0.15) is 43.9 Å². The van der Waals surface area contributed by atoms with E-state index >= 15 is 0 Å². The van der Waals surface area contributed by atoms with Gasteiger partial charge in [0.2, 0.25) is 5.88 Å². The van der Waals surface area contributed by atoms with Crippen molar-refractivity contribution in [3.63, 3.8) is 0 Å². The Balaban J connectivity index is 1.68. The average molecular weight is 476 g/mol. The lowest BCUT2D eigenvalue weighted by Crippen LogP contribution is -2.37. The van der Waals surface area contributed by atoms with E-state index < -0.39 is 6.10 Å². The van der Waals surface area contributed by atoms with E-state index in [4.69, 9.17) is 14.6 Å². The van der Waals surface area contributed by atoms with Crippen molar-refractivity contribution in [1.82, 2.24) is 14.7 Å². The van der Waals surface area contributed by atoms with Crippen LogP contribution in [0.15, 0.2) is 73.3 Å². The van der Waals surface area contributed by atoms with E-state index in [1.54, 1.807) is 0 Å². The second-order valence-corrected chi connectivity index (χ2v) is 9.10. The van der Waals surface area contributed by atoms with E-state index in [1.807, 2.05) is 71.4 Å². The third kappa shape index (κ3) is 6.82. The van der Waals surface area contributed by atoms with Gasteiger partial charge in [0.25, 0.3) is 0 Å². The molecule has 2 unspecified atom stereocenters. The Morgan fingerprint density at radius 1 is 1.20 bits per heavy atom. The second kappa shape index (κ2) is 12.7. The highest BCUT2D eigenvalue weighted by atomic mass is 16.5. The van der Waals surface area contributed by atoms with E-state index in [-0.39, 0.29) is 6.10 Å². The fourth-order valence-corrected chi connectivity index (χ4v) is 4.57. The summed E-state index contributed by atoms with van der Waals surface area (Å²) in [5.74, 6) is 1.49. The lowest BCUT2D eigenvalue weighted by Gasteiger charge is -2.27. The topological polar surface area (TPSA) is 59.8 Å². The molecule has 1 aliphatic rings. The molecule has 6 nitrogen and oxygen atoms in total. The van der Waals surface area contributed by atoms with Gasteiger partial charge in [0.1, 0.15) is 5.75 Å². The number of aryl methyl sites for hydroxylation is 1. The zero-order valence-electron chi connectivity index (χ0n) is 20.7. The van der Waals surface area contributed by atoms with Crippen molar-refractivity contribution in [1.29, 1.82) is 0 Å². The minimum absolute atomic E-state index is 0.189. The summed E-state index contributed by atoms with van der Waals surface area (Å²) in [6.07, 6.45) is 6.04. The quantitative estimate of drug-likeness (QED) is 0.329. The highest BCUT2D eigenvalue weighted by Crippen LogP contribution is 2.32.